The number of pyridine rings is 1. The summed E-state index contributed by atoms with van der Waals surface area (Å²) in [6, 6.07) is 16.6. The number of para-hydroxylation sites is 1. The molecule has 0 fully saturated rings. The summed E-state index contributed by atoms with van der Waals surface area (Å²) < 4.78 is 14.0. The van der Waals surface area contributed by atoms with E-state index in [1.807, 2.05) is 49.4 Å². The average Bonchev–Trinajstić information content (AvgIpc) is 2.63. The third-order valence-electron chi connectivity index (χ3n) is 5.00. The molecule has 3 aromatic rings. The van der Waals surface area contributed by atoms with Gasteiger partial charge in [-0.2, -0.15) is 0 Å². The number of ketones is 1. The lowest BCUT2D eigenvalue weighted by molar-refractivity contribution is -0.121. The van der Waals surface area contributed by atoms with E-state index in [-0.39, 0.29) is 23.9 Å². The molecule has 1 unspecified atom stereocenters. The van der Waals surface area contributed by atoms with E-state index in [9.17, 15) is 9.18 Å². The second kappa shape index (κ2) is 8.40. The molecule has 0 aliphatic carbocycles. The van der Waals surface area contributed by atoms with Gasteiger partial charge in [0, 0.05) is 17.5 Å². The molecule has 0 spiro atoms. The molecule has 0 bridgehead atoms. The number of halogens is 2. The number of carbonyl (C=O) groups excluding carboxylic acids is 1. The molecule has 0 aliphatic heterocycles. The summed E-state index contributed by atoms with van der Waals surface area (Å²) >= 11 is 6.94. The van der Waals surface area contributed by atoms with E-state index in [4.69, 9.17) is 11.6 Å². The molecule has 4 heteroatoms. The summed E-state index contributed by atoms with van der Waals surface area (Å²) in [5, 5.41) is 0.695. The van der Waals surface area contributed by atoms with Crippen molar-refractivity contribution in [2.24, 2.45) is 5.92 Å². The Labute approximate surface area is 170 Å². The lowest BCUT2D eigenvalue weighted by Gasteiger charge is -2.28. The molecule has 3 rings (SSSR count). The number of fused-ring (bicyclic) bond motifs is 1. The topological polar surface area (TPSA) is 30.0 Å². The summed E-state index contributed by atoms with van der Waals surface area (Å²) in [5.41, 5.74) is 2.83. The third-order valence-corrected chi connectivity index (χ3v) is 5.50. The highest BCUT2D eigenvalue weighted by molar-refractivity contribution is 6.35. The summed E-state index contributed by atoms with van der Waals surface area (Å²) in [6.07, 6.45) is 1.27. The van der Waals surface area contributed by atoms with Gasteiger partial charge in [0.05, 0.1) is 0 Å². The molecule has 0 aliphatic rings. The molecule has 1 heterocycles. The van der Waals surface area contributed by atoms with Gasteiger partial charge < -0.3 is 0 Å². The van der Waals surface area contributed by atoms with Gasteiger partial charge in [-0.3, -0.25) is 4.79 Å². The predicted molar refractivity (Wildman–Crippen MR) is 113 cm³/mol. The Hall–Kier alpha value is -2.26. The van der Waals surface area contributed by atoms with E-state index in [1.165, 1.54) is 6.07 Å². The van der Waals surface area contributed by atoms with Crippen LogP contribution in [-0.2, 0) is 17.6 Å². The van der Waals surface area contributed by atoms with Crippen LogP contribution in [0.15, 0.2) is 54.6 Å². The summed E-state index contributed by atoms with van der Waals surface area (Å²) in [7, 11) is 0. The van der Waals surface area contributed by atoms with Crippen LogP contribution < -0.4 is 0 Å². The van der Waals surface area contributed by atoms with E-state index in [2.05, 4.69) is 18.8 Å². The number of nitrogens with zero attached hydrogens (tertiary/aromatic N) is 1. The average molecular weight is 398 g/mol. The Bertz CT molecular complexity index is 987. The Morgan fingerprint density at radius 3 is 2.54 bits per heavy atom. The minimum absolute atomic E-state index is 0.0210. The van der Waals surface area contributed by atoms with Crippen LogP contribution in [0.4, 0.5) is 4.39 Å². The van der Waals surface area contributed by atoms with Crippen LogP contribution in [0.5, 0.6) is 0 Å². The minimum Gasteiger partial charge on any atom is -0.297 e. The van der Waals surface area contributed by atoms with E-state index in [1.54, 1.807) is 6.07 Å². The molecule has 0 radical (unpaired) electrons. The number of hydrogen-bond donors (Lipinski definition) is 0. The highest BCUT2D eigenvalue weighted by Gasteiger charge is 2.36. The molecule has 0 saturated carbocycles. The number of Topliss-reactive ketones (excluding diaryl/α,β-unsaturated/α-hetero) is 1. The highest BCUT2D eigenvalue weighted by atomic mass is 35.5. The normalized spacial score (nSPS) is 13.6. The van der Waals surface area contributed by atoms with Crippen molar-refractivity contribution >= 4 is 28.3 Å². The predicted octanol–water partition coefficient (Wildman–Crippen LogP) is 6.06. The van der Waals surface area contributed by atoms with Gasteiger partial charge in [0.2, 0.25) is 0 Å². The quantitative estimate of drug-likeness (QED) is 0.453. The standard InChI is InChI=1S/C24H25ClFNO/c1-16(2)14-24(25,15-18-8-5-4-6-9-18)22(28)13-20-12-19-10-7-11-21(26)23(19)27-17(20)3/h4-12,16H,13-15H2,1-3H3. The minimum atomic E-state index is -0.973. The van der Waals surface area contributed by atoms with Crippen molar-refractivity contribution in [1.29, 1.82) is 0 Å². The van der Waals surface area contributed by atoms with Crippen molar-refractivity contribution in [2.45, 2.75) is 44.9 Å². The van der Waals surface area contributed by atoms with Crippen LogP contribution in [0.2, 0.25) is 0 Å². The van der Waals surface area contributed by atoms with E-state index < -0.39 is 4.87 Å². The summed E-state index contributed by atoms with van der Waals surface area (Å²) in [5.74, 6) is -0.0866. The third kappa shape index (κ3) is 4.59. The first-order chi connectivity index (χ1) is 13.3. The van der Waals surface area contributed by atoms with Gasteiger partial charge in [0.25, 0.3) is 0 Å². The number of alkyl halides is 1. The Morgan fingerprint density at radius 1 is 1.14 bits per heavy atom. The van der Waals surface area contributed by atoms with Crippen LogP contribution in [-0.4, -0.2) is 15.6 Å². The molecule has 146 valence electrons. The van der Waals surface area contributed by atoms with Gasteiger partial charge in [-0.1, -0.05) is 56.3 Å². The molecule has 28 heavy (non-hydrogen) atoms. The molecule has 1 atom stereocenters. The van der Waals surface area contributed by atoms with Crippen molar-refractivity contribution < 1.29 is 9.18 Å². The maximum absolute atomic E-state index is 14.0. The first-order valence-electron chi connectivity index (χ1n) is 9.59. The molecule has 2 nitrogen and oxygen atoms in total. The van der Waals surface area contributed by atoms with E-state index in [0.29, 0.717) is 29.4 Å². The van der Waals surface area contributed by atoms with E-state index >= 15 is 0 Å². The Kier molecular flexibility index (Phi) is 6.14. The zero-order valence-corrected chi connectivity index (χ0v) is 17.3. The second-order valence-electron chi connectivity index (χ2n) is 7.87. The summed E-state index contributed by atoms with van der Waals surface area (Å²) in [6.45, 7) is 5.95. The van der Waals surface area contributed by atoms with Crippen molar-refractivity contribution in [1.82, 2.24) is 4.98 Å². The van der Waals surface area contributed by atoms with Crippen molar-refractivity contribution in [3.05, 3.63) is 77.2 Å². The fourth-order valence-electron chi connectivity index (χ4n) is 3.66. The first kappa shape index (κ1) is 20.5. The molecule has 1 aromatic heterocycles. The Balaban J connectivity index is 1.91. The highest BCUT2D eigenvalue weighted by Crippen LogP contribution is 2.32. The van der Waals surface area contributed by atoms with Crippen LogP contribution in [0.3, 0.4) is 0 Å². The van der Waals surface area contributed by atoms with Gasteiger partial charge >= 0.3 is 0 Å². The molecular formula is C24H25ClFNO. The van der Waals surface area contributed by atoms with Crippen LogP contribution in [0.25, 0.3) is 10.9 Å². The lowest BCUT2D eigenvalue weighted by Crippen LogP contribution is -2.38. The monoisotopic (exact) mass is 397 g/mol. The van der Waals surface area contributed by atoms with Gasteiger partial charge in [-0.15, -0.1) is 11.6 Å². The van der Waals surface area contributed by atoms with Crippen molar-refractivity contribution in [3.8, 4) is 0 Å². The number of rotatable bonds is 7. The molecular weight excluding hydrogens is 373 g/mol. The van der Waals surface area contributed by atoms with Gasteiger partial charge in [0.1, 0.15) is 16.2 Å². The zero-order chi connectivity index (χ0) is 20.3. The largest absolute Gasteiger partial charge is 0.297 e. The molecule has 2 aromatic carbocycles. The molecule has 0 saturated heterocycles. The SMILES string of the molecule is Cc1nc2c(F)cccc2cc1CC(=O)C(Cl)(Cc1ccccc1)CC(C)C. The fourth-order valence-corrected chi connectivity index (χ4v) is 4.19. The number of aryl methyl sites for hydroxylation is 1. The second-order valence-corrected chi connectivity index (χ2v) is 8.59. The fraction of sp³-hybridized carbons (Fsp3) is 0.333. The van der Waals surface area contributed by atoms with Gasteiger partial charge in [-0.25, -0.2) is 9.37 Å². The summed E-state index contributed by atoms with van der Waals surface area (Å²) in [4.78, 5) is 16.7. The maximum atomic E-state index is 14.0. The zero-order valence-electron chi connectivity index (χ0n) is 16.5. The van der Waals surface area contributed by atoms with Crippen LogP contribution in [0.1, 0.15) is 37.1 Å². The van der Waals surface area contributed by atoms with Crippen LogP contribution >= 0.6 is 11.6 Å². The Morgan fingerprint density at radius 2 is 1.86 bits per heavy atom. The number of hydrogen-bond acceptors (Lipinski definition) is 2. The maximum Gasteiger partial charge on any atom is 0.158 e. The first-order valence-corrected chi connectivity index (χ1v) is 9.97. The van der Waals surface area contributed by atoms with E-state index in [0.717, 1.165) is 11.1 Å². The number of benzene rings is 2. The molecule has 0 amide bonds. The van der Waals surface area contributed by atoms with Crippen LogP contribution in [0, 0.1) is 18.7 Å². The van der Waals surface area contributed by atoms with Crippen molar-refractivity contribution in [3.63, 3.8) is 0 Å². The van der Waals surface area contributed by atoms with Crippen molar-refractivity contribution in [2.75, 3.05) is 0 Å². The number of aromatic nitrogens is 1. The molecule has 0 N–H and O–H groups in total. The lowest BCUT2D eigenvalue weighted by atomic mass is 9.84. The smallest absolute Gasteiger partial charge is 0.158 e. The van der Waals surface area contributed by atoms with Gasteiger partial charge in [0.15, 0.2) is 5.78 Å². The number of carbonyl (C=O) groups is 1. The van der Waals surface area contributed by atoms with Gasteiger partial charge in [-0.05, 0) is 48.9 Å².